The third-order valence-corrected chi connectivity index (χ3v) is 6.09. The molecule has 9 nitrogen and oxygen atoms in total. The van der Waals surface area contributed by atoms with Gasteiger partial charge in [-0.1, -0.05) is 18.2 Å². The standard InChI is InChI=1S/C27H32N4O5/c1-4-35-25-16-21(10-11-24(25)36-18-26(32)30-12-14-34-15-13-30)27(33)28-17-23-19(2)29-31(20(23)3)22-8-6-5-7-9-22/h5-11,16H,4,12-15,17-18H2,1-3H3,(H,28,33). The maximum Gasteiger partial charge on any atom is 0.260 e. The van der Waals surface area contributed by atoms with Gasteiger partial charge < -0.3 is 24.4 Å². The number of hydrogen-bond donors (Lipinski definition) is 1. The van der Waals surface area contributed by atoms with E-state index in [2.05, 4.69) is 10.4 Å². The summed E-state index contributed by atoms with van der Waals surface area (Å²) < 4.78 is 18.6. The lowest BCUT2D eigenvalue weighted by Gasteiger charge is -2.26. The van der Waals surface area contributed by atoms with Gasteiger partial charge in [-0.15, -0.1) is 0 Å². The second-order valence-corrected chi connectivity index (χ2v) is 8.46. The lowest BCUT2D eigenvalue weighted by molar-refractivity contribution is -0.137. The molecule has 2 amide bonds. The zero-order valence-corrected chi connectivity index (χ0v) is 21.0. The van der Waals surface area contributed by atoms with Crippen molar-refractivity contribution < 1.29 is 23.8 Å². The number of aromatic nitrogens is 2. The lowest BCUT2D eigenvalue weighted by atomic mass is 10.1. The minimum absolute atomic E-state index is 0.102. The van der Waals surface area contributed by atoms with Crippen LogP contribution in [0.5, 0.6) is 11.5 Å². The Hall–Kier alpha value is -3.85. The van der Waals surface area contributed by atoms with Crippen LogP contribution < -0.4 is 14.8 Å². The quantitative estimate of drug-likeness (QED) is 0.493. The number of nitrogens with zero attached hydrogens (tertiary/aromatic N) is 3. The van der Waals surface area contributed by atoms with E-state index in [0.717, 1.165) is 22.6 Å². The van der Waals surface area contributed by atoms with Gasteiger partial charge in [0.1, 0.15) is 0 Å². The summed E-state index contributed by atoms with van der Waals surface area (Å²) >= 11 is 0. The van der Waals surface area contributed by atoms with Crippen LogP contribution in [0.3, 0.4) is 0 Å². The molecule has 0 atom stereocenters. The molecule has 2 heterocycles. The molecule has 1 fully saturated rings. The Morgan fingerprint density at radius 2 is 1.78 bits per heavy atom. The van der Waals surface area contributed by atoms with Gasteiger partial charge in [-0.2, -0.15) is 5.10 Å². The van der Waals surface area contributed by atoms with Crippen LogP contribution in [-0.2, 0) is 16.1 Å². The molecule has 0 aliphatic carbocycles. The number of aryl methyl sites for hydroxylation is 1. The number of morpholine rings is 1. The SMILES string of the molecule is CCOc1cc(C(=O)NCc2c(C)nn(-c3ccccc3)c2C)ccc1OCC(=O)N1CCOCC1. The van der Waals surface area contributed by atoms with E-state index in [4.69, 9.17) is 14.2 Å². The van der Waals surface area contributed by atoms with Crippen molar-refractivity contribution >= 4 is 11.8 Å². The van der Waals surface area contributed by atoms with Crippen molar-refractivity contribution in [2.45, 2.75) is 27.3 Å². The molecule has 1 aliphatic heterocycles. The van der Waals surface area contributed by atoms with E-state index in [9.17, 15) is 9.59 Å². The lowest BCUT2D eigenvalue weighted by Crippen LogP contribution is -2.43. The topological polar surface area (TPSA) is 94.9 Å². The Morgan fingerprint density at radius 1 is 1.03 bits per heavy atom. The fourth-order valence-electron chi connectivity index (χ4n) is 4.10. The molecule has 0 radical (unpaired) electrons. The monoisotopic (exact) mass is 492 g/mol. The number of carbonyl (C=O) groups is 2. The Labute approximate surface area is 210 Å². The molecule has 1 aromatic heterocycles. The van der Waals surface area contributed by atoms with Crippen LogP contribution in [0.1, 0.15) is 34.2 Å². The van der Waals surface area contributed by atoms with Crippen LogP contribution in [0, 0.1) is 13.8 Å². The fourth-order valence-corrected chi connectivity index (χ4v) is 4.10. The first kappa shape index (κ1) is 25.2. The summed E-state index contributed by atoms with van der Waals surface area (Å²) in [5.41, 5.74) is 4.22. The highest BCUT2D eigenvalue weighted by Gasteiger charge is 2.19. The molecule has 2 aromatic carbocycles. The highest BCUT2D eigenvalue weighted by molar-refractivity contribution is 5.94. The van der Waals surface area contributed by atoms with E-state index >= 15 is 0 Å². The van der Waals surface area contributed by atoms with Crippen molar-refractivity contribution in [1.29, 1.82) is 0 Å². The van der Waals surface area contributed by atoms with Gasteiger partial charge in [-0.3, -0.25) is 9.59 Å². The van der Waals surface area contributed by atoms with E-state index < -0.39 is 0 Å². The van der Waals surface area contributed by atoms with Crippen molar-refractivity contribution in [3.63, 3.8) is 0 Å². The molecule has 190 valence electrons. The van der Waals surface area contributed by atoms with E-state index in [1.165, 1.54) is 0 Å². The van der Waals surface area contributed by atoms with Crippen LogP contribution in [0.15, 0.2) is 48.5 Å². The van der Waals surface area contributed by atoms with Gasteiger partial charge in [0, 0.05) is 36.5 Å². The van der Waals surface area contributed by atoms with E-state index in [1.807, 2.05) is 55.8 Å². The zero-order chi connectivity index (χ0) is 25.5. The number of rotatable bonds is 9. The predicted octanol–water partition coefficient (Wildman–Crippen LogP) is 3.06. The fraction of sp³-hybridized carbons (Fsp3) is 0.370. The smallest absolute Gasteiger partial charge is 0.260 e. The van der Waals surface area contributed by atoms with Gasteiger partial charge in [0.2, 0.25) is 0 Å². The first-order chi connectivity index (χ1) is 17.5. The Balaban J connectivity index is 1.41. The van der Waals surface area contributed by atoms with Gasteiger partial charge in [-0.25, -0.2) is 4.68 Å². The zero-order valence-electron chi connectivity index (χ0n) is 21.0. The number of para-hydroxylation sites is 1. The van der Waals surface area contributed by atoms with Gasteiger partial charge in [0.05, 0.1) is 31.2 Å². The highest BCUT2D eigenvalue weighted by Crippen LogP contribution is 2.29. The Kier molecular flexibility index (Phi) is 8.22. The number of carbonyl (C=O) groups excluding carboxylic acids is 2. The molecule has 0 spiro atoms. The Morgan fingerprint density at radius 3 is 2.50 bits per heavy atom. The summed E-state index contributed by atoms with van der Waals surface area (Å²) in [5, 5.41) is 7.62. The van der Waals surface area contributed by atoms with Gasteiger partial charge >= 0.3 is 0 Å². The van der Waals surface area contributed by atoms with Crippen molar-refractivity contribution in [2.75, 3.05) is 39.5 Å². The summed E-state index contributed by atoms with van der Waals surface area (Å²) in [6, 6.07) is 14.9. The molecular weight excluding hydrogens is 460 g/mol. The van der Waals surface area contributed by atoms with Crippen LogP contribution >= 0.6 is 0 Å². The molecule has 1 N–H and O–H groups in total. The number of nitrogens with one attached hydrogen (secondary N) is 1. The molecule has 0 saturated carbocycles. The largest absolute Gasteiger partial charge is 0.490 e. The van der Waals surface area contributed by atoms with Gasteiger partial charge in [0.25, 0.3) is 11.8 Å². The Bertz CT molecular complexity index is 1200. The van der Waals surface area contributed by atoms with Gasteiger partial charge in [0.15, 0.2) is 18.1 Å². The second kappa shape index (κ2) is 11.7. The summed E-state index contributed by atoms with van der Waals surface area (Å²) in [5.74, 6) is 0.498. The molecule has 0 bridgehead atoms. The molecular formula is C27H32N4O5. The first-order valence-corrected chi connectivity index (χ1v) is 12.1. The van der Waals surface area contributed by atoms with Crippen molar-refractivity contribution in [3.05, 3.63) is 71.0 Å². The summed E-state index contributed by atoms with van der Waals surface area (Å²) in [6.07, 6.45) is 0. The van der Waals surface area contributed by atoms with Crippen LogP contribution in [-0.4, -0.2) is 66.0 Å². The number of hydrogen-bond acceptors (Lipinski definition) is 6. The molecule has 3 aromatic rings. The number of ether oxygens (including phenoxy) is 3. The van der Waals surface area contributed by atoms with Gasteiger partial charge in [-0.05, 0) is 51.1 Å². The number of amides is 2. The van der Waals surface area contributed by atoms with E-state index in [-0.39, 0.29) is 18.4 Å². The van der Waals surface area contributed by atoms with Crippen LogP contribution in [0.25, 0.3) is 5.69 Å². The summed E-state index contributed by atoms with van der Waals surface area (Å²) in [7, 11) is 0. The molecule has 1 saturated heterocycles. The molecule has 0 unspecified atom stereocenters. The third-order valence-electron chi connectivity index (χ3n) is 6.09. The average molecular weight is 493 g/mol. The van der Waals surface area contributed by atoms with Crippen molar-refractivity contribution in [3.8, 4) is 17.2 Å². The van der Waals surface area contributed by atoms with Crippen LogP contribution in [0.2, 0.25) is 0 Å². The minimum Gasteiger partial charge on any atom is -0.490 e. The molecule has 4 rings (SSSR count). The number of benzene rings is 2. The minimum atomic E-state index is -0.238. The van der Waals surface area contributed by atoms with Crippen molar-refractivity contribution in [1.82, 2.24) is 20.0 Å². The predicted molar refractivity (Wildman–Crippen MR) is 135 cm³/mol. The van der Waals surface area contributed by atoms with Crippen LogP contribution in [0.4, 0.5) is 0 Å². The second-order valence-electron chi connectivity index (χ2n) is 8.46. The summed E-state index contributed by atoms with van der Waals surface area (Å²) in [6.45, 7) is 8.61. The van der Waals surface area contributed by atoms with Crippen molar-refractivity contribution in [2.24, 2.45) is 0 Å². The first-order valence-electron chi connectivity index (χ1n) is 12.1. The average Bonchev–Trinajstić information content (AvgIpc) is 3.20. The maximum atomic E-state index is 13.0. The third kappa shape index (κ3) is 5.85. The van der Waals surface area contributed by atoms with E-state index in [0.29, 0.717) is 56.5 Å². The molecule has 36 heavy (non-hydrogen) atoms. The van der Waals surface area contributed by atoms with E-state index in [1.54, 1.807) is 23.1 Å². The molecule has 1 aliphatic rings. The summed E-state index contributed by atoms with van der Waals surface area (Å²) in [4.78, 5) is 27.1. The molecule has 9 heteroatoms. The normalized spacial score (nSPS) is 13.4. The maximum absolute atomic E-state index is 13.0. The highest BCUT2D eigenvalue weighted by atomic mass is 16.5.